The van der Waals surface area contributed by atoms with Gasteiger partial charge in [0.1, 0.15) is 5.60 Å². The van der Waals surface area contributed by atoms with Crippen molar-refractivity contribution in [2.75, 3.05) is 13.2 Å². The lowest BCUT2D eigenvalue weighted by Crippen LogP contribution is -2.36. The first kappa shape index (κ1) is 14.7. The molecule has 0 amide bonds. The number of alkyl halides is 3. The fourth-order valence-corrected chi connectivity index (χ4v) is 2.94. The zero-order valence-electron chi connectivity index (χ0n) is 11.9. The molecule has 2 aliphatic heterocycles. The third kappa shape index (κ3) is 2.76. The molecule has 0 bridgehead atoms. The van der Waals surface area contributed by atoms with E-state index in [0.717, 1.165) is 12.8 Å². The first-order valence-corrected chi connectivity index (χ1v) is 7.22. The average molecular weight is 301 g/mol. The number of nitrogens with one attached hydrogen (secondary N) is 1. The maximum atomic E-state index is 13.3. The minimum absolute atomic E-state index is 0.164. The third-order valence-corrected chi connectivity index (χ3v) is 4.15. The molecule has 0 saturated carbocycles. The molecule has 1 saturated heterocycles. The Hall–Kier alpha value is -1.21. The Morgan fingerprint density at radius 3 is 2.71 bits per heavy atom. The summed E-state index contributed by atoms with van der Waals surface area (Å²) in [5.74, 6) is 0.164. The van der Waals surface area contributed by atoms with E-state index in [1.54, 1.807) is 6.92 Å². The van der Waals surface area contributed by atoms with Crippen LogP contribution in [0.2, 0.25) is 0 Å². The Labute approximate surface area is 121 Å². The Balaban J connectivity index is 2.10. The summed E-state index contributed by atoms with van der Waals surface area (Å²) in [6.45, 7) is 3.19. The highest BCUT2D eigenvalue weighted by Gasteiger charge is 2.41. The number of fused-ring (bicyclic) bond motifs is 1. The van der Waals surface area contributed by atoms with Crippen LogP contribution in [-0.4, -0.2) is 23.1 Å². The van der Waals surface area contributed by atoms with Gasteiger partial charge in [-0.1, -0.05) is 0 Å². The molecule has 4 nitrogen and oxygen atoms in total. The maximum Gasteiger partial charge on any atom is 0.433 e. The molecule has 116 valence electrons. The number of hydrogen-bond donors (Lipinski definition) is 1. The Morgan fingerprint density at radius 1 is 1.24 bits per heavy atom. The normalized spacial score (nSPS) is 26.5. The summed E-state index contributed by atoms with van der Waals surface area (Å²) in [4.78, 5) is 8.25. The van der Waals surface area contributed by atoms with E-state index in [2.05, 4.69) is 15.3 Å². The van der Waals surface area contributed by atoms with Crippen LogP contribution >= 0.6 is 0 Å². The summed E-state index contributed by atoms with van der Waals surface area (Å²) in [5, 5.41) is 3.06. The van der Waals surface area contributed by atoms with Crippen LogP contribution in [0.3, 0.4) is 0 Å². The van der Waals surface area contributed by atoms with Gasteiger partial charge in [0, 0.05) is 18.7 Å². The summed E-state index contributed by atoms with van der Waals surface area (Å²) in [6, 6.07) is 0. The van der Waals surface area contributed by atoms with Crippen LogP contribution in [0.5, 0.6) is 0 Å². The fraction of sp³-hybridized carbons (Fsp3) is 0.714. The predicted molar refractivity (Wildman–Crippen MR) is 69.6 cm³/mol. The molecule has 0 aromatic carbocycles. The number of ether oxygens (including phenoxy) is 1. The van der Waals surface area contributed by atoms with Crippen LogP contribution in [0.15, 0.2) is 0 Å². The van der Waals surface area contributed by atoms with Crippen LogP contribution in [0.4, 0.5) is 13.2 Å². The quantitative estimate of drug-likeness (QED) is 0.866. The van der Waals surface area contributed by atoms with Crippen molar-refractivity contribution in [3.63, 3.8) is 0 Å². The molecule has 3 rings (SSSR count). The van der Waals surface area contributed by atoms with Crippen LogP contribution in [0, 0.1) is 0 Å². The lowest BCUT2D eigenvalue weighted by molar-refractivity contribution is -0.143. The highest BCUT2D eigenvalue weighted by Crippen LogP contribution is 2.37. The van der Waals surface area contributed by atoms with Crippen molar-refractivity contribution in [2.24, 2.45) is 0 Å². The van der Waals surface area contributed by atoms with Gasteiger partial charge in [-0.2, -0.15) is 13.2 Å². The van der Waals surface area contributed by atoms with Crippen LogP contribution in [0.1, 0.15) is 49.0 Å². The van der Waals surface area contributed by atoms with E-state index in [9.17, 15) is 13.2 Å². The molecular formula is C14H18F3N3O. The van der Waals surface area contributed by atoms with Gasteiger partial charge < -0.3 is 10.1 Å². The molecule has 1 aromatic rings. The van der Waals surface area contributed by atoms with E-state index in [1.807, 2.05) is 0 Å². The van der Waals surface area contributed by atoms with Crippen molar-refractivity contribution in [3.05, 3.63) is 22.8 Å². The Morgan fingerprint density at radius 2 is 2.05 bits per heavy atom. The number of rotatable bonds is 1. The van der Waals surface area contributed by atoms with E-state index >= 15 is 0 Å². The second-order valence-electron chi connectivity index (χ2n) is 5.78. The van der Waals surface area contributed by atoms with Crippen molar-refractivity contribution < 1.29 is 17.9 Å². The van der Waals surface area contributed by atoms with Crippen LogP contribution in [-0.2, 0) is 29.5 Å². The van der Waals surface area contributed by atoms with Crippen molar-refractivity contribution >= 4 is 0 Å². The first-order chi connectivity index (χ1) is 9.90. The van der Waals surface area contributed by atoms with Gasteiger partial charge in [0.15, 0.2) is 11.5 Å². The summed E-state index contributed by atoms with van der Waals surface area (Å²) in [6.07, 6.45) is -1.66. The van der Waals surface area contributed by atoms with E-state index < -0.39 is 17.5 Å². The highest BCUT2D eigenvalue weighted by molar-refractivity contribution is 5.31. The van der Waals surface area contributed by atoms with E-state index in [1.165, 1.54) is 0 Å². The molecule has 0 radical (unpaired) electrons. The van der Waals surface area contributed by atoms with Gasteiger partial charge in [-0.25, -0.2) is 9.97 Å². The maximum absolute atomic E-state index is 13.3. The molecule has 1 N–H and O–H groups in total. The van der Waals surface area contributed by atoms with Crippen LogP contribution < -0.4 is 5.32 Å². The van der Waals surface area contributed by atoms with E-state index in [-0.39, 0.29) is 11.4 Å². The second kappa shape index (κ2) is 5.21. The Kier molecular flexibility index (Phi) is 3.65. The molecule has 3 heterocycles. The summed E-state index contributed by atoms with van der Waals surface area (Å²) in [7, 11) is 0. The lowest BCUT2D eigenvalue weighted by atomic mass is 9.94. The molecule has 21 heavy (non-hydrogen) atoms. The smallest absolute Gasteiger partial charge is 0.367 e. The summed E-state index contributed by atoms with van der Waals surface area (Å²) >= 11 is 0. The van der Waals surface area contributed by atoms with E-state index in [0.29, 0.717) is 38.2 Å². The molecule has 1 atom stereocenters. The van der Waals surface area contributed by atoms with Gasteiger partial charge in [0.05, 0.1) is 5.69 Å². The standard InChI is InChI=1S/C14H18F3N3O/c1-13(5-2-3-7-21-13)12-19-10-8-18-6-4-9(10)11(20-12)14(15,16)17/h18H,2-8H2,1H3. The van der Waals surface area contributed by atoms with Gasteiger partial charge in [0.2, 0.25) is 0 Å². The number of hydrogen-bond acceptors (Lipinski definition) is 4. The Bertz CT molecular complexity index is 539. The molecule has 7 heteroatoms. The topological polar surface area (TPSA) is 47.0 Å². The second-order valence-corrected chi connectivity index (χ2v) is 5.78. The van der Waals surface area contributed by atoms with Crippen molar-refractivity contribution in [3.8, 4) is 0 Å². The molecular weight excluding hydrogens is 283 g/mol. The minimum atomic E-state index is -4.45. The van der Waals surface area contributed by atoms with E-state index in [4.69, 9.17) is 4.74 Å². The molecule has 1 unspecified atom stereocenters. The number of halogens is 3. The molecule has 0 aliphatic carbocycles. The van der Waals surface area contributed by atoms with Gasteiger partial charge in [-0.3, -0.25) is 0 Å². The molecule has 1 aromatic heterocycles. The molecule has 1 fully saturated rings. The zero-order chi connectivity index (χ0) is 15.1. The molecule has 2 aliphatic rings. The monoisotopic (exact) mass is 301 g/mol. The van der Waals surface area contributed by atoms with Gasteiger partial charge in [0.25, 0.3) is 0 Å². The van der Waals surface area contributed by atoms with Gasteiger partial charge in [-0.15, -0.1) is 0 Å². The summed E-state index contributed by atoms with van der Waals surface area (Å²) < 4.78 is 45.6. The zero-order valence-corrected chi connectivity index (χ0v) is 11.9. The largest absolute Gasteiger partial charge is 0.433 e. The third-order valence-electron chi connectivity index (χ3n) is 4.15. The minimum Gasteiger partial charge on any atom is -0.367 e. The fourth-order valence-electron chi connectivity index (χ4n) is 2.94. The SMILES string of the molecule is CC1(c2nc3c(c(C(F)(F)F)n2)CCNC3)CCCCO1. The van der Waals surface area contributed by atoms with Crippen molar-refractivity contribution in [2.45, 2.75) is 50.9 Å². The summed E-state index contributed by atoms with van der Waals surface area (Å²) in [5.41, 5.74) is -0.928. The van der Waals surface area contributed by atoms with Crippen molar-refractivity contribution in [1.82, 2.24) is 15.3 Å². The van der Waals surface area contributed by atoms with Crippen molar-refractivity contribution in [1.29, 1.82) is 0 Å². The highest BCUT2D eigenvalue weighted by atomic mass is 19.4. The number of nitrogens with zero attached hydrogens (tertiary/aromatic N) is 2. The van der Waals surface area contributed by atoms with Crippen LogP contribution in [0.25, 0.3) is 0 Å². The average Bonchev–Trinajstić information content (AvgIpc) is 2.46. The number of aromatic nitrogens is 2. The van der Waals surface area contributed by atoms with Gasteiger partial charge >= 0.3 is 6.18 Å². The predicted octanol–water partition coefficient (Wildman–Crippen LogP) is 2.56. The lowest BCUT2D eigenvalue weighted by Gasteiger charge is -2.33. The molecule has 0 spiro atoms. The van der Waals surface area contributed by atoms with Gasteiger partial charge in [-0.05, 0) is 39.2 Å². The first-order valence-electron chi connectivity index (χ1n) is 7.22.